The van der Waals surface area contributed by atoms with E-state index in [0.29, 0.717) is 23.1 Å². The van der Waals surface area contributed by atoms with Gasteiger partial charge in [0.15, 0.2) is 0 Å². The summed E-state index contributed by atoms with van der Waals surface area (Å²) in [5.41, 5.74) is 0.474. The molecule has 1 aliphatic heterocycles. The molecule has 1 saturated heterocycles. The molecule has 3 aliphatic rings. The fourth-order valence-electron chi connectivity index (χ4n) is 5.31. The lowest BCUT2D eigenvalue weighted by Gasteiger charge is -2.35. The Labute approximate surface area is 161 Å². The van der Waals surface area contributed by atoms with Gasteiger partial charge in [-0.25, -0.2) is 4.79 Å². The van der Waals surface area contributed by atoms with Gasteiger partial charge in [0.2, 0.25) is 0 Å². The number of benzene rings is 1. The topological polar surface area (TPSA) is 59.0 Å². The summed E-state index contributed by atoms with van der Waals surface area (Å²) in [5, 5.41) is 10.6. The highest BCUT2D eigenvalue weighted by atomic mass is 16.5. The Morgan fingerprint density at radius 2 is 1.93 bits per heavy atom. The van der Waals surface area contributed by atoms with Gasteiger partial charge in [-0.2, -0.15) is 0 Å². The van der Waals surface area contributed by atoms with Crippen LogP contribution in [0.4, 0.5) is 0 Å². The molecule has 1 N–H and O–H groups in total. The van der Waals surface area contributed by atoms with Gasteiger partial charge in [0.25, 0.3) is 0 Å². The third kappa shape index (κ3) is 4.30. The average molecular weight is 373 g/mol. The SMILES string of the molecule is COC(=O)c1cccc(O[C@@H]2C[C@@H]3CN(CC4CCCC4)C[C@@H]3C[C@H]2O)c1. The van der Waals surface area contributed by atoms with Crippen molar-refractivity contribution < 1.29 is 19.4 Å². The molecule has 0 aromatic heterocycles. The Morgan fingerprint density at radius 1 is 1.19 bits per heavy atom. The number of methoxy groups -OCH3 is 1. The number of likely N-dealkylation sites (tertiary alicyclic amines) is 1. The second kappa shape index (κ2) is 8.19. The largest absolute Gasteiger partial charge is 0.488 e. The van der Waals surface area contributed by atoms with Crippen molar-refractivity contribution in [3.63, 3.8) is 0 Å². The average Bonchev–Trinajstić information content (AvgIpc) is 3.31. The van der Waals surface area contributed by atoms with E-state index in [4.69, 9.17) is 9.47 Å². The molecule has 0 radical (unpaired) electrons. The lowest BCUT2D eigenvalue weighted by atomic mass is 9.78. The van der Waals surface area contributed by atoms with Crippen LogP contribution in [0.1, 0.15) is 48.9 Å². The molecular weight excluding hydrogens is 342 g/mol. The summed E-state index contributed by atoms with van der Waals surface area (Å²) in [6, 6.07) is 7.04. The molecule has 2 aliphatic carbocycles. The van der Waals surface area contributed by atoms with Crippen LogP contribution in [-0.2, 0) is 4.74 Å². The molecule has 2 saturated carbocycles. The fraction of sp³-hybridized carbons (Fsp3) is 0.682. The van der Waals surface area contributed by atoms with Crippen molar-refractivity contribution in [2.45, 2.75) is 50.7 Å². The molecule has 1 aromatic carbocycles. The minimum absolute atomic E-state index is 0.203. The van der Waals surface area contributed by atoms with Crippen molar-refractivity contribution >= 4 is 5.97 Å². The van der Waals surface area contributed by atoms with Crippen LogP contribution in [-0.4, -0.2) is 54.9 Å². The van der Waals surface area contributed by atoms with Gasteiger partial charge in [-0.05, 0) is 61.6 Å². The van der Waals surface area contributed by atoms with Crippen LogP contribution >= 0.6 is 0 Å². The Balaban J connectivity index is 1.36. The van der Waals surface area contributed by atoms with Crippen molar-refractivity contribution in [1.82, 2.24) is 4.90 Å². The number of hydrogen-bond donors (Lipinski definition) is 1. The first-order valence-electron chi connectivity index (χ1n) is 10.4. The zero-order chi connectivity index (χ0) is 18.8. The standard InChI is InChI=1S/C22H31NO4/c1-26-22(25)16-7-4-8-19(9-16)27-21-11-18-14-23(12-15-5-2-3-6-15)13-17(18)10-20(21)24/h4,7-9,15,17-18,20-21,24H,2-3,5-6,10-14H2,1H3/t17-,18+,20+,21+/m0/s1. The normalized spacial score (nSPS) is 31.6. The number of hydrogen-bond acceptors (Lipinski definition) is 5. The highest BCUT2D eigenvalue weighted by Crippen LogP contribution is 2.39. The van der Waals surface area contributed by atoms with E-state index < -0.39 is 6.10 Å². The van der Waals surface area contributed by atoms with Crippen LogP contribution in [0.15, 0.2) is 24.3 Å². The minimum atomic E-state index is -0.445. The van der Waals surface area contributed by atoms with E-state index in [9.17, 15) is 9.90 Å². The van der Waals surface area contributed by atoms with Gasteiger partial charge >= 0.3 is 5.97 Å². The van der Waals surface area contributed by atoms with E-state index in [2.05, 4.69) is 4.90 Å². The molecule has 1 aromatic rings. The van der Waals surface area contributed by atoms with Gasteiger partial charge in [0.05, 0.1) is 18.8 Å². The monoisotopic (exact) mass is 373 g/mol. The third-order valence-electron chi connectivity index (χ3n) is 6.69. The number of rotatable bonds is 5. The van der Waals surface area contributed by atoms with Crippen molar-refractivity contribution in [1.29, 1.82) is 0 Å². The maximum atomic E-state index is 11.7. The third-order valence-corrected chi connectivity index (χ3v) is 6.69. The fourth-order valence-corrected chi connectivity index (χ4v) is 5.31. The molecule has 0 unspecified atom stereocenters. The zero-order valence-electron chi connectivity index (χ0n) is 16.2. The first-order chi connectivity index (χ1) is 13.1. The lowest BCUT2D eigenvalue weighted by Crippen LogP contribution is -2.42. The van der Waals surface area contributed by atoms with Crippen LogP contribution in [0, 0.1) is 17.8 Å². The zero-order valence-corrected chi connectivity index (χ0v) is 16.2. The molecule has 148 valence electrons. The maximum Gasteiger partial charge on any atom is 0.337 e. The van der Waals surface area contributed by atoms with Crippen LogP contribution < -0.4 is 4.74 Å². The molecule has 5 nitrogen and oxygen atoms in total. The molecule has 0 amide bonds. The van der Waals surface area contributed by atoms with Gasteiger partial charge in [0.1, 0.15) is 11.9 Å². The smallest absolute Gasteiger partial charge is 0.337 e. The molecule has 0 bridgehead atoms. The first-order valence-corrected chi connectivity index (χ1v) is 10.4. The van der Waals surface area contributed by atoms with E-state index in [-0.39, 0.29) is 12.1 Å². The molecule has 27 heavy (non-hydrogen) atoms. The number of ether oxygens (including phenoxy) is 2. The Hall–Kier alpha value is -1.59. The number of aliphatic hydroxyl groups excluding tert-OH is 1. The summed E-state index contributed by atoms with van der Waals surface area (Å²) in [4.78, 5) is 14.3. The maximum absolute atomic E-state index is 11.7. The predicted molar refractivity (Wildman–Crippen MR) is 103 cm³/mol. The molecule has 5 heteroatoms. The molecule has 0 spiro atoms. The minimum Gasteiger partial charge on any atom is -0.488 e. The van der Waals surface area contributed by atoms with Gasteiger partial charge in [-0.15, -0.1) is 0 Å². The number of esters is 1. The summed E-state index contributed by atoms with van der Waals surface area (Å²) in [6.07, 6.45) is 6.61. The summed E-state index contributed by atoms with van der Waals surface area (Å²) >= 11 is 0. The summed E-state index contributed by atoms with van der Waals surface area (Å²) in [5.74, 6) is 2.32. The Kier molecular flexibility index (Phi) is 5.69. The van der Waals surface area contributed by atoms with Gasteiger partial charge in [0, 0.05) is 19.6 Å². The van der Waals surface area contributed by atoms with Crippen LogP contribution in [0.3, 0.4) is 0 Å². The lowest BCUT2D eigenvalue weighted by molar-refractivity contribution is -0.0231. The van der Waals surface area contributed by atoms with Crippen molar-refractivity contribution in [3.05, 3.63) is 29.8 Å². The van der Waals surface area contributed by atoms with Crippen molar-refractivity contribution in [2.24, 2.45) is 17.8 Å². The molecule has 1 heterocycles. The number of carbonyl (C=O) groups is 1. The highest BCUT2D eigenvalue weighted by molar-refractivity contribution is 5.89. The Morgan fingerprint density at radius 3 is 2.67 bits per heavy atom. The van der Waals surface area contributed by atoms with E-state index in [1.54, 1.807) is 18.2 Å². The van der Waals surface area contributed by atoms with Crippen LogP contribution in [0.5, 0.6) is 5.75 Å². The summed E-state index contributed by atoms with van der Waals surface area (Å²) in [7, 11) is 1.37. The van der Waals surface area contributed by atoms with E-state index >= 15 is 0 Å². The molecule has 4 atom stereocenters. The second-order valence-corrected chi connectivity index (χ2v) is 8.60. The number of fused-ring (bicyclic) bond motifs is 1. The van der Waals surface area contributed by atoms with Crippen LogP contribution in [0.25, 0.3) is 0 Å². The molecule has 4 rings (SSSR count). The highest BCUT2D eigenvalue weighted by Gasteiger charge is 2.43. The van der Waals surface area contributed by atoms with Gasteiger partial charge in [-0.1, -0.05) is 18.9 Å². The second-order valence-electron chi connectivity index (χ2n) is 8.60. The molecular formula is C22H31NO4. The summed E-state index contributed by atoms with van der Waals surface area (Å²) < 4.78 is 10.9. The van der Waals surface area contributed by atoms with Crippen molar-refractivity contribution in [2.75, 3.05) is 26.7 Å². The van der Waals surface area contributed by atoms with Gasteiger partial charge in [-0.3, -0.25) is 0 Å². The predicted octanol–water partition coefficient (Wildman–Crippen LogP) is 3.11. The Bertz CT molecular complexity index is 657. The van der Waals surface area contributed by atoms with Gasteiger partial charge < -0.3 is 19.5 Å². The van der Waals surface area contributed by atoms with E-state index in [0.717, 1.165) is 31.8 Å². The van der Waals surface area contributed by atoms with Crippen LogP contribution in [0.2, 0.25) is 0 Å². The van der Waals surface area contributed by atoms with E-state index in [1.807, 2.05) is 6.07 Å². The first kappa shape index (κ1) is 18.8. The number of nitrogens with zero attached hydrogens (tertiary/aromatic N) is 1. The van der Waals surface area contributed by atoms with Crippen molar-refractivity contribution in [3.8, 4) is 5.75 Å². The number of carbonyl (C=O) groups excluding carboxylic acids is 1. The van der Waals surface area contributed by atoms with E-state index in [1.165, 1.54) is 39.3 Å². The number of aliphatic hydroxyl groups is 1. The molecule has 3 fully saturated rings. The summed E-state index contributed by atoms with van der Waals surface area (Å²) in [6.45, 7) is 3.49. The quantitative estimate of drug-likeness (QED) is 0.804.